The van der Waals surface area contributed by atoms with E-state index in [1.807, 2.05) is 64.4 Å². The summed E-state index contributed by atoms with van der Waals surface area (Å²) in [4.78, 5) is 30.6. The number of nitrogens with zero attached hydrogens (tertiary/aromatic N) is 2. The zero-order valence-electron chi connectivity index (χ0n) is 20.1. The van der Waals surface area contributed by atoms with Crippen LogP contribution in [0.25, 0.3) is 0 Å². The van der Waals surface area contributed by atoms with Crippen LogP contribution >= 0.6 is 0 Å². The summed E-state index contributed by atoms with van der Waals surface area (Å²) < 4.78 is 0. The summed E-state index contributed by atoms with van der Waals surface area (Å²) in [5, 5.41) is 0. The average molecular weight is 455 g/mol. The highest BCUT2D eigenvalue weighted by atomic mass is 16.2. The van der Waals surface area contributed by atoms with Crippen LogP contribution in [0, 0.1) is 5.92 Å². The molecule has 0 saturated carbocycles. The summed E-state index contributed by atoms with van der Waals surface area (Å²) in [6.07, 6.45) is 2.20. The zero-order valence-corrected chi connectivity index (χ0v) is 20.1. The lowest BCUT2D eigenvalue weighted by Gasteiger charge is -2.45. The Hall–Kier alpha value is -3.40. The van der Waals surface area contributed by atoms with E-state index in [1.165, 1.54) is 16.7 Å². The molecule has 4 rings (SSSR count). The molecule has 0 unspecified atom stereocenters. The number of carbonyl (C=O) groups is 2. The Balaban J connectivity index is 1.57. The first-order valence-corrected chi connectivity index (χ1v) is 12.3. The maximum absolute atomic E-state index is 13.5. The van der Waals surface area contributed by atoms with Gasteiger partial charge in [-0.3, -0.25) is 9.59 Å². The third-order valence-electron chi connectivity index (χ3n) is 6.81. The lowest BCUT2D eigenvalue weighted by Crippen LogP contribution is -2.64. The van der Waals surface area contributed by atoms with Crippen LogP contribution in [0.15, 0.2) is 91.0 Å². The van der Waals surface area contributed by atoms with Crippen molar-refractivity contribution in [3.05, 3.63) is 108 Å². The number of hydrogen-bond acceptors (Lipinski definition) is 2. The van der Waals surface area contributed by atoms with Gasteiger partial charge in [0.1, 0.15) is 0 Å². The van der Waals surface area contributed by atoms with Crippen LogP contribution in [-0.4, -0.2) is 46.8 Å². The van der Waals surface area contributed by atoms with Crippen molar-refractivity contribution in [2.75, 3.05) is 13.1 Å². The van der Waals surface area contributed by atoms with Crippen molar-refractivity contribution < 1.29 is 9.59 Å². The third-order valence-corrected chi connectivity index (χ3v) is 6.81. The van der Waals surface area contributed by atoms with Crippen LogP contribution in [0.2, 0.25) is 0 Å². The molecule has 1 saturated heterocycles. The molecule has 176 valence electrons. The minimum Gasteiger partial charge on any atom is -0.329 e. The van der Waals surface area contributed by atoms with Crippen LogP contribution in [0.3, 0.4) is 0 Å². The van der Waals surface area contributed by atoms with Crippen LogP contribution in [0.1, 0.15) is 30.5 Å². The summed E-state index contributed by atoms with van der Waals surface area (Å²) in [5.74, 6) is -0.488. The number of piperazine rings is 1. The lowest BCUT2D eigenvalue weighted by atomic mass is 9.93. The standard InChI is InChI=1S/C30H34N2O2/c1-23(2)28-22-32(30(34)29(33)31(28)19-18-24-12-6-3-7-13-24)27(20-25-14-8-4-9-15-25)21-26-16-10-5-11-17-26/h3-17,23,27-28H,18-22H2,1-2H3/t28-/m1/s1. The van der Waals surface area contributed by atoms with E-state index in [9.17, 15) is 9.59 Å². The molecule has 0 N–H and O–H groups in total. The molecule has 2 amide bonds. The van der Waals surface area contributed by atoms with Crippen LogP contribution in [0.5, 0.6) is 0 Å². The predicted octanol–water partition coefficient (Wildman–Crippen LogP) is 4.78. The first-order chi connectivity index (χ1) is 16.5. The Morgan fingerprint density at radius 1 is 0.706 bits per heavy atom. The molecular formula is C30H34N2O2. The third kappa shape index (κ3) is 5.74. The molecule has 0 spiro atoms. The number of carbonyl (C=O) groups excluding carboxylic acids is 2. The van der Waals surface area contributed by atoms with E-state index in [1.54, 1.807) is 0 Å². The normalized spacial score (nSPS) is 16.5. The maximum atomic E-state index is 13.5. The molecule has 0 bridgehead atoms. The average Bonchev–Trinajstić information content (AvgIpc) is 2.86. The van der Waals surface area contributed by atoms with Gasteiger partial charge in [0.15, 0.2) is 0 Å². The highest BCUT2D eigenvalue weighted by molar-refractivity contribution is 6.35. The maximum Gasteiger partial charge on any atom is 0.312 e. The molecule has 4 heteroatoms. The van der Waals surface area contributed by atoms with E-state index in [4.69, 9.17) is 0 Å². The molecule has 1 heterocycles. The van der Waals surface area contributed by atoms with Crippen molar-refractivity contribution in [2.45, 2.75) is 45.2 Å². The molecule has 0 aromatic heterocycles. The fourth-order valence-corrected chi connectivity index (χ4v) is 4.89. The van der Waals surface area contributed by atoms with Crippen molar-refractivity contribution >= 4 is 11.8 Å². The molecule has 4 nitrogen and oxygen atoms in total. The summed E-state index contributed by atoms with van der Waals surface area (Å²) in [6, 6.07) is 30.6. The Morgan fingerprint density at radius 2 is 1.18 bits per heavy atom. The Kier molecular flexibility index (Phi) is 7.79. The molecule has 3 aromatic rings. The largest absolute Gasteiger partial charge is 0.329 e. The second-order valence-corrected chi connectivity index (χ2v) is 9.54. The van der Waals surface area contributed by atoms with E-state index < -0.39 is 0 Å². The van der Waals surface area contributed by atoms with Gasteiger partial charge in [-0.15, -0.1) is 0 Å². The molecule has 1 fully saturated rings. The van der Waals surface area contributed by atoms with Crippen LogP contribution in [-0.2, 0) is 28.9 Å². The van der Waals surface area contributed by atoms with Crippen molar-refractivity contribution in [1.29, 1.82) is 0 Å². The Bertz CT molecular complexity index is 1030. The van der Waals surface area contributed by atoms with Gasteiger partial charge in [-0.2, -0.15) is 0 Å². The van der Waals surface area contributed by atoms with Gasteiger partial charge in [-0.1, -0.05) is 105 Å². The van der Waals surface area contributed by atoms with E-state index in [-0.39, 0.29) is 29.8 Å². The van der Waals surface area contributed by atoms with Crippen LogP contribution in [0.4, 0.5) is 0 Å². The quantitative estimate of drug-likeness (QED) is 0.437. The van der Waals surface area contributed by atoms with Gasteiger partial charge in [0.2, 0.25) is 0 Å². The summed E-state index contributed by atoms with van der Waals surface area (Å²) in [7, 11) is 0. The second-order valence-electron chi connectivity index (χ2n) is 9.54. The smallest absolute Gasteiger partial charge is 0.312 e. The van der Waals surface area contributed by atoms with Gasteiger partial charge in [-0.05, 0) is 41.9 Å². The van der Waals surface area contributed by atoms with Gasteiger partial charge < -0.3 is 9.80 Å². The fourth-order valence-electron chi connectivity index (χ4n) is 4.89. The number of hydrogen-bond donors (Lipinski definition) is 0. The molecule has 1 aliphatic heterocycles. The van der Waals surface area contributed by atoms with Gasteiger partial charge in [-0.25, -0.2) is 0 Å². The van der Waals surface area contributed by atoms with Crippen molar-refractivity contribution in [3.63, 3.8) is 0 Å². The predicted molar refractivity (Wildman–Crippen MR) is 136 cm³/mol. The molecule has 1 atom stereocenters. The van der Waals surface area contributed by atoms with Gasteiger partial charge in [0.25, 0.3) is 0 Å². The van der Waals surface area contributed by atoms with Crippen molar-refractivity contribution in [3.8, 4) is 0 Å². The van der Waals surface area contributed by atoms with Crippen molar-refractivity contribution in [1.82, 2.24) is 9.80 Å². The number of benzene rings is 3. The highest BCUT2D eigenvalue weighted by Gasteiger charge is 2.42. The van der Waals surface area contributed by atoms with E-state index in [2.05, 4.69) is 50.2 Å². The Labute approximate surface area is 203 Å². The topological polar surface area (TPSA) is 40.6 Å². The number of rotatable bonds is 9. The van der Waals surface area contributed by atoms with E-state index in [0.29, 0.717) is 13.1 Å². The molecular weight excluding hydrogens is 420 g/mol. The van der Waals surface area contributed by atoms with Crippen molar-refractivity contribution in [2.24, 2.45) is 5.92 Å². The molecule has 3 aromatic carbocycles. The minimum atomic E-state index is -0.373. The van der Waals surface area contributed by atoms with Crippen LogP contribution < -0.4 is 0 Å². The van der Waals surface area contributed by atoms with Gasteiger partial charge >= 0.3 is 11.8 Å². The van der Waals surface area contributed by atoms with Gasteiger partial charge in [0.05, 0.1) is 6.04 Å². The lowest BCUT2D eigenvalue weighted by molar-refractivity contribution is -0.162. The SMILES string of the molecule is CC(C)[C@H]1CN(C(Cc2ccccc2)Cc2ccccc2)C(=O)C(=O)N1CCc1ccccc1. The summed E-state index contributed by atoms with van der Waals surface area (Å²) in [6.45, 7) is 5.42. The Morgan fingerprint density at radius 3 is 1.65 bits per heavy atom. The molecule has 34 heavy (non-hydrogen) atoms. The second kappa shape index (κ2) is 11.1. The van der Waals surface area contributed by atoms with E-state index >= 15 is 0 Å². The first kappa shape index (κ1) is 23.7. The summed E-state index contributed by atoms with van der Waals surface area (Å²) >= 11 is 0. The highest BCUT2D eigenvalue weighted by Crippen LogP contribution is 2.24. The van der Waals surface area contributed by atoms with Gasteiger partial charge in [0, 0.05) is 19.1 Å². The molecule has 1 aliphatic rings. The monoisotopic (exact) mass is 454 g/mol. The van der Waals surface area contributed by atoms with E-state index in [0.717, 1.165) is 19.3 Å². The summed E-state index contributed by atoms with van der Waals surface area (Å²) in [5.41, 5.74) is 3.53. The molecule has 0 radical (unpaired) electrons. The number of amides is 2. The fraction of sp³-hybridized carbons (Fsp3) is 0.333. The zero-order chi connectivity index (χ0) is 23.9. The molecule has 0 aliphatic carbocycles. The minimum absolute atomic E-state index is 0.00274. The first-order valence-electron chi connectivity index (χ1n) is 12.3.